The Bertz CT molecular complexity index is 766. The van der Waals surface area contributed by atoms with Crippen molar-refractivity contribution >= 4 is 10.0 Å². The van der Waals surface area contributed by atoms with Crippen LogP contribution in [0, 0.1) is 6.92 Å². The molecule has 1 atom stereocenters. The van der Waals surface area contributed by atoms with Crippen LogP contribution in [0.2, 0.25) is 0 Å². The average Bonchev–Trinajstić information content (AvgIpc) is 2.94. The molecule has 0 aromatic heterocycles. The number of hydrogen-bond donors (Lipinski definition) is 0. The third-order valence-corrected chi connectivity index (χ3v) is 6.52. The lowest BCUT2D eigenvalue weighted by molar-refractivity contribution is -0.180. The lowest BCUT2D eigenvalue weighted by atomic mass is 9.97. The molecule has 7 heteroatoms. The highest BCUT2D eigenvalue weighted by Gasteiger charge is 2.49. The molecule has 0 amide bonds. The van der Waals surface area contributed by atoms with E-state index >= 15 is 0 Å². The second kappa shape index (κ2) is 6.78. The quantitative estimate of drug-likeness (QED) is 0.800. The van der Waals surface area contributed by atoms with Gasteiger partial charge >= 0.3 is 0 Å². The fourth-order valence-electron chi connectivity index (χ4n) is 3.73. The van der Waals surface area contributed by atoms with E-state index in [1.165, 1.54) is 0 Å². The predicted molar refractivity (Wildman–Crippen MR) is 99.0 cm³/mol. The molecule has 0 radical (unpaired) electrons. The number of sulfonamides is 1. The summed E-state index contributed by atoms with van der Waals surface area (Å²) in [6, 6.07) is 5.05. The summed E-state index contributed by atoms with van der Waals surface area (Å²) in [5, 5.41) is 0. The lowest BCUT2D eigenvalue weighted by Gasteiger charge is -2.47. The first-order valence-electron chi connectivity index (χ1n) is 9.08. The molecule has 2 aliphatic heterocycles. The number of benzene rings is 1. The second-order valence-corrected chi connectivity index (χ2v) is 10.2. The van der Waals surface area contributed by atoms with E-state index in [2.05, 4.69) is 0 Å². The highest BCUT2D eigenvalue weighted by Crippen LogP contribution is 2.37. The summed E-state index contributed by atoms with van der Waals surface area (Å²) in [4.78, 5) is 0.290. The maximum Gasteiger partial charge on any atom is 0.243 e. The normalized spacial score (nSPS) is 26.5. The van der Waals surface area contributed by atoms with Crippen molar-refractivity contribution in [1.82, 2.24) is 4.31 Å². The van der Waals surface area contributed by atoms with Crippen molar-refractivity contribution < 1.29 is 22.6 Å². The van der Waals surface area contributed by atoms with E-state index in [1.807, 2.05) is 34.6 Å². The van der Waals surface area contributed by atoms with Crippen LogP contribution in [0.5, 0.6) is 5.75 Å². The summed E-state index contributed by atoms with van der Waals surface area (Å²) in [7, 11) is -3.62. The van der Waals surface area contributed by atoms with Crippen molar-refractivity contribution in [3.05, 3.63) is 23.8 Å². The third kappa shape index (κ3) is 3.91. The first-order chi connectivity index (χ1) is 12.0. The maximum absolute atomic E-state index is 13.3. The van der Waals surface area contributed by atoms with E-state index < -0.39 is 21.2 Å². The smallest absolute Gasteiger partial charge is 0.243 e. The molecule has 0 aliphatic carbocycles. The number of hydrogen-bond acceptors (Lipinski definition) is 5. The van der Waals surface area contributed by atoms with Gasteiger partial charge in [0.05, 0.1) is 23.2 Å². The minimum atomic E-state index is -3.62. The molecule has 1 aromatic carbocycles. The molecule has 0 N–H and O–H groups in total. The van der Waals surface area contributed by atoms with E-state index in [9.17, 15) is 8.42 Å². The average molecular weight is 384 g/mol. The molecule has 146 valence electrons. The van der Waals surface area contributed by atoms with Crippen LogP contribution in [0.3, 0.4) is 0 Å². The Hall–Kier alpha value is -1.15. The van der Waals surface area contributed by atoms with Gasteiger partial charge in [0.2, 0.25) is 10.0 Å². The minimum Gasteiger partial charge on any atom is -0.491 e. The molecule has 2 aliphatic rings. The summed E-state index contributed by atoms with van der Waals surface area (Å²) in [6.45, 7) is 11.3. The highest BCUT2D eigenvalue weighted by atomic mass is 32.2. The van der Waals surface area contributed by atoms with Gasteiger partial charge in [0.15, 0.2) is 0 Å². The predicted octanol–water partition coefficient (Wildman–Crippen LogP) is 2.74. The first-order valence-corrected chi connectivity index (χ1v) is 10.5. The Morgan fingerprint density at radius 2 is 1.96 bits per heavy atom. The molecular weight excluding hydrogens is 354 g/mol. The van der Waals surface area contributed by atoms with Gasteiger partial charge in [0.1, 0.15) is 11.4 Å². The van der Waals surface area contributed by atoms with Crippen LogP contribution in [-0.4, -0.2) is 56.3 Å². The lowest BCUT2D eigenvalue weighted by Crippen LogP contribution is -2.61. The molecule has 2 heterocycles. The molecule has 26 heavy (non-hydrogen) atoms. The topological polar surface area (TPSA) is 65.1 Å². The molecule has 1 spiro atoms. The standard InChI is InChI=1S/C19H29NO5S/c1-14(2)24-17-7-6-16(10-15(17)3)26(21,22)20-11-18(4,5)25-19(12-20)8-9-23-13-19/h6-7,10,14H,8-9,11-13H2,1-5H3. The van der Waals surface area contributed by atoms with Crippen LogP contribution in [0.1, 0.15) is 39.7 Å². The molecular formula is C19H29NO5S. The van der Waals surface area contributed by atoms with Gasteiger partial charge in [-0.1, -0.05) is 0 Å². The maximum atomic E-state index is 13.3. The van der Waals surface area contributed by atoms with Gasteiger partial charge in [-0.15, -0.1) is 0 Å². The molecule has 0 bridgehead atoms. The van der Waals surface area contributed by atoms with E-state index in [-0.39, 0.29) is 11.0 Å². The largest absolute Gasteiger partial charge is 0.491 e. The molecule has 2 fully saturated rings. The molecule has 0 saturated carbocycles. The van der Waals surface area contributed by atoms with E-state index in [0.717, 1.165) is 5.56 Å². The summed E-state index contributed by atoms with van der Waals surface area (Å²) in [6.07, 6.45) is 0.751. The number of nitrogens with zero attached hydrogens (tertiary/aromatic N) is 1. The monoisotopic (exact) mass is 383 g/mol. The zero-order chi connectivity index (χ0) is 19.2. The highest BCUT2D eigenvalue weighted by molar-refractivity contribution is 7.89. The van der Waals surface area contributed by atoms with Crippen molar-refractivity contribution in [3.8, 4) is 5.75 Å². The molecule has 1 aromatic rings. The SMILES string of the molecule is Cc1cc(S(=O)(=O)N2CC(C)(C)OC3(CCOC3)C2)ccc1OC(C)C. The summed E-state index contributed by atoms with van der Waals surface area (Å²) >= 11 is 0. The zero-order valence-electron chi connectivity index (χ0n) is 16.2. The van der Waals surface area contributed by atoms with Crippen molar-refractivity contribution in [1.29, 1.82) is 0 Å². The number of ether oxygens (including phenoxy) is 3. The van der Waals surface area contributed by atoms with Crippen LogP contribution in [0.25, 0.3) is 0 Å². The second-order valence-electron chi connectivity index (χ2n) is 8.21. The van der Waals surface area contributed by atoms with Gasteiger partial charge in [-0.25, -0.2) is 8.42 Å². The van der Waals surface area contributed by atoms with Crippen LogP contribution in [0.15, 0.2) is 23.1 Å². The van der Waals surface area contributed by atoms with Crippen molar-refractivity contribution in [2.75, 3.05) is 26.3 Å². The Morgan fingerprint density at radius 1 is 1.23 bits per heavy atom. The number of rotatable bonds is 4. The number of morpholine rings is 1. The Morgan fingerprint density at radius 3 is 2.54 bits per heavy atom. The Kier molecular flexibility index (Phi) is 5.11. The summed E-state index contributed by atoms with van der Waals surface area (Å²) in [5.41, 5.74) is -0.300. The van der Waals surface area contributed by atoms with Gasteiger partial charge in [0.25, 0.3) is 0 Å². The van der Waals surface area contributed by atoms with Crippen LogP contribution in [0.4, 0.5) is 0 Å². The van der Waals surface area contributed by atoms with Gasteiger partial charge in [-0.2, -0.15) is 4.31 Å². The zero-order valence-corrected chi connectivity index (χ0v) is 17.1. The number of aryl methyl sites for hydroxylation is 1. The molecule has 6 nitrogen and oxygen atoms in total. The Balaban J connectivity index is 1.90. The summed E-state index contributed by atoms with van der Waals surface area (Å²) in [5.74, 6) is 0.710. The van der Waals surface area contributed by atoms with Gasteiger partial charge in [-0.05, 0) is 58.4 Å². The van der Waals surface area contributed by atoms with Crippen LogP contribution >= 0.6 is 0 Å². The molecule has 1 unspecified atom stereocenters. The van der Waals surface area contributed by atoms with Gasteiger partial charge in [-0.3, -0.25) is 0 Å². The Labute approximate surface area is 156 Å². The fourth-order valence-corrected chi connectivity index (χ4v) is 5.48. The third-order valence-electron chi connectivity index (χ3n) is 4.73. The molecule has 2 saturated heterocycles. The molecule has 3 rings (SSSR count). The van der Waals surface area contributed by atoms with E-state index in [1.54, 1.807) is 22.5 Å². The summed E-state index contributed by atoms with van der Waals surface area (Å²) < 4.78 is 45.6. The first kappa shape index (κ1) is 19.6. The van der Waals surface area contributed by atoms with Crippen molar-refractivity contribution in [2.24, 2.45) is 0 Å². The van der Waals surface area contributed by atoms with Crippen molar-refractivity contribution in [2.45, 2.75) is 63.2 Å². The minimum absolute atomic E-state index is 0.0402. The van der Waals surface area contributed by atoms with Crippen molar-refractivity contribution in [3.63, 3.8) is 0 Å². The van der Waals surface area contributed by atoms with Crippen LogP contribution < -0.4 is 4.74 Å². The van der Waals surface area contributed by atoms with E-state index in [0.29, 0.717) is 38.5 Å². The van der Waals surface area contributed by atoms with Gasteiger partial charge < -0.3 is 14.2 Å². The van der Waals surface area contributed by atoms with E-state index in [4.69, 9.17) is 14.2 Å². The fraction of sp³-hybridized carbons (Fsp3) is 0.684. The van der Waals surface area contributed by atoms with Gasteiger partial charge in [0, 0.05) is 26.1 Å². The van der Waals surface area contributed by atoms with Crippen LogP contribution in [-0.2, 0) is 19.5 Å².